The van der Waals surface area contributed by atoms with Gasteiger partial charge in [0.05, 0.1) is 92.5 Å². The number of amides is 1. The predicted molar refractivity (Wildman–Crippen MR) is 164 cm³/mol. The maximum absolute atomic E-state index is 12.6. The van der Waals surface area contributed by atoms with Crippen LogP contribution in [0.25, 0.3) is 11.1 Å². The van der Waals surface area contributed by atoms with Crippen molar-refractivity contribution in [3.05, 3.63) is 72.3 Å². The third-order valence-corrected chi connectivity index (χ3v) is 6.69. The summed E-state index contributed by atoms with van der Waals surface area (Å²) >= 11 is 0. The second-order valence-corrected chi connectivity index (χ2v) is 9.76. The molecule has 0 atom stereocenters. The lowest BCUT2D eigenvalue weighted by atomic mass is 9.98. The fraction of sp³-hybridized carbons (Fsp3) is 0.545. The molecule has 0 fully saturated rings. The lowest BCUT2D eigenvalue weighted by molar-refractivity contribution is -0.0201. The molecule has 0 saturated heterocycles. The number of rotatable bonds is 25. The van der Waals surface area contributed by atoms with Gasteiger partial charge in [-0.05, 0) is 22.3 Å². The first kappa shape index (κ1) is 34.7. The van der Waals surface area contributed by atoms with E-state index in [1.807, 2.05) is 24.3 Å². The maximum atomic E-state index is 12.6. The van der Waals surface area contributed by atoms with E-state index in [0.29, 0.717) is 106 Å². The Morgan fingerprint density at radius 1 is 0.651 bits per heavy atom. The Labute approximate surface area is 255 Å². The van der Waals surface area contributed by atoms with Gasteiger partial charge < -0.3 is 42.8 Å². The van der Waals surface area contributed by atoms with E-state index in [9.17, 15) is 4.79 Å². The molecule has 1 amide bonds. The Morgan fingerprint density at radius 2 is 1.05 bits per heavy atom. The molecule has 0 aromatic heterocycles. The Balaban J connectivity index is 1.08. The molecule has 1 aliphatic rings. The average Bonchev–Trinajstić information content (AvgIpc) is 3.35. The van der Waals surface area contributed by atoms with Gasteiger partial charge in [0.15, 0.2) is 0 Å². The Bertz CT molecular complexity index is 1010. The number of fused-ring (bicyclic) bond motifs is 3. The fourth-order valence-electron chi connectivity index (χ4n) is 4.48. The van der Waals surface area contributed by atoms with Gasteiger partial charge in [-0.3, -0.25) is 0 Å². The lowest BCUT2D eigenvalue weighted by Gasteiger charge is -2.19. The predicted octanol–water partition coefficient (Wildman–Crippen LogP) is 4.17. The molecule has 0 N–H and O–H groups in total. The van der Waals surface area contributed by atoms with Crippen LogP contribution in [0.2, 0.25) is 0 Å². The van der Waals surface area contributed by atoms with Crippen molar-refractivity contribution in [1.29, 1.82) is 0 Å². The van der Waals surface area contributed by atoms with Crippen LogP contribution >= 0.6 is 0 Å². The van der Waals surface area contributed by atoms with Crippen molar-refractivity contribution in [1.82, 2.24) is 4.90 Å². The third kappa shape index (κ3) is 13.1. The molecule has 0 radical (unpaired) electrons. The summed E-state index contributed by atoms with van der Waals surface area (Å²) < 4.78 is 43.8. The van der Waals surface area contributed by atoms with Crippen LogP contribution in [0.5, 0.6) is 0 Å². The normalized spacial score (nSPS) is 12.2. The van der Waals surface area contributed by atoms with Gasteiger partial charge in [-0.15, -0.1) is 6.58 Å². The first-order valence-electron chi connectivity index (χ1n) is 14.9. The van der Waals surface area contributed by atoms with E-state index in [2.05, 4.69) is 30.8 Å². The highest BCUT2D eigenvalue weighted by Gasteiger charge is 2.29. The van der Waals surface area contributed by atoms with Crippen LogP contribution in [-0.2, 0) is 37.9 Å². The molecule has 0 saturated carbocycles. The minimum absolute atomic E-state index is 0.0457. The standard InChI is InChI=1S/C33H47NO9/c1-3-13-36-15-17-38-19-21-40-23-25-42-26-24-41-22-20-39-18-16-37-14-12-34(2)33(35)43-27-32-30-10-6-4-8-28(30)29-9-5-7-11-31(29)32/h3-11,32H,1,12-27H2,2H3. The zero-order valence-electron chi connectivity index (χ0n) is 25.4. The molecule has 3 rings (SSSR count). The molecule has 1 aliphatic carbocycles. The first-order chi connectivity index (χ1) is 21.2. The van der Waals surface area contributed by atoms with Crippen molar-refractivity contribution in [2.45, 2.75) is 5.92 Å². The molecule has 2 aromatic rings. The molecule has 0 aliphatic heterocycles. The van der Waals surface area contributed by atoms with Gasteiger partial charge in [-0.25, -0.2) is 4.79 Å². The molecule has 10 nitrogen and oxygen atoms in total. The summed E-state index contributed by atoms with van der Waals surface area (Å²) in [6.07, 6.45) is 1.35. The lowest BCUT2D eigenvalue weighted by Crippen LogP contribution is -2.32. The van der Waals surface area contributed by atoms with E-state index in [-0.39, 0.29) is 12.0 Å². The van der Waals surface area contributed by atoms with E-state index in [1.54, 1.807) is 13.1 Å². The third-order valence-electron chi connectivity index (χ3n) is 6.69. The van der Waals surface area contributed by atoms with Crippen LogP contribution in [0.15, 0.2) is 61.2 Å². The number of carbonyl (C=O) groups excluding carboxylic acids is 1. The summed E-state index contributed by atoms with van der Waals surface area (Å²) in [4.78, 5) is 14.1. The SMILES string of the molecule is C=CCOCCOCCOCCOCCOCCOCCOCCN(C)C(=O)OCC1c2ccccc2-c2ccccc21. The molecular weight excluding hydrogens is 554 g/mol. The van der Waals surface area contributed by atoms with Crippen molar-refractivity contribution >= 4 is 6.09 Å². The van der Waals surface area contributed by atoms with Gasteiger partial charge in [0, 0.05) is 19.5 Å². The second kappa shape index (κ2) is 21.8. The molecule has 0 bridgehead atoms. The highest BCUT2D eigenvalue weighted by molar-refractivity contribution is 5.79. The van der Waals surface area contributed by atoms with E-state index in [4.69, 9.17) is 37.9 Å². The quantitative estimate of drug-likeness (QED) is 0.123. The topological polar surface area (TPSA) is 94.2 Å². The highest BCUT2D eigenvalue weighted by atomic mass is 16.6. The Kier molecular flexibility index (Phi) is 17.6. The summed E-state index contributed by atoms with van der Waals surface area (Å²) in [7, 11) is 1.72. The van der Waals surface area contributed by atoms with E-state index in [0.717, 1.165) is 0 Å². The van der Waals surface area contributed by atoms with E-state index in [1.165, 1.54) is 27.2 Å². The fourth-order valence-corrected chi connectivity index (χ4v) is 4.48. The van der Waals surface area contributed by atoms with Gasteiger partial charge >= 0.3 is 6.09 Å². The van der Waals surface area contributed by atoms with Gasteiger partial charge in [0.1, 0.15) is 6.61 Å². The molecule has 2 aromatic carbocycles. The summed E-state index contributed by atoms with van der Waals surface area (Å²) in [5, 5.41) is 0. The average molecular weight is 602 g/mol. The van der Waals surface area contributed by atoms with Crippen molar-refractivity contribution in [3.63, 3.8) is 0 Å². The number of carbonyl (C=O) groups is 1. The van der Waals surface area contributed by atoms with Crippen molar-refractivity contribution in [2.75, 3.05) is 113 Å². The zero-order valence-corrected chi connectivity index (χ0v) is 25.4. The molecular formula is C33H47NO9. The molecule has 43 heavy (non-hydrogen) atoms. The molecule has 10 heteroatoms. The Morgan fingerprint density at radius 3 is 1.49 bits per heavy atom. The van der Waals surface area contributed by atoms with E-state index < -0.39 is 0 Å². The van der Waals surface area contributed by atoms with Crippen LogP contribution in [0, 0.1) is 0 Å². The van der Waals surface area contributed by atoms with Crippen LogP contribution < -0.4 is 0 Å². The molecule has 0 spiro atoms. The van der Waals surface area contributed by atoms with Gasteiger partial charge in [-0.1, -0.05) is 54.6 Å². The monoisotopic (exact) mass is 601 g/mol. The molecule has 0 heterocycles. The zero-order chi connectivity index (χ0) is 30.4. The summed E-state index contributed by atoms with van der Waals surface area (Å²) in [6, 6.07) is 16.6. The van der Waals surface area contributed by atoms with Gasteiger partial charge in [-0.2, -0.15) is 0 Å². The van der Waals surface area contributed by atoms with Crippen molar-refractivity contribution in [3.8, 4) is 11.1 Å². The number of benzene rings is 2. The van der Waals surface area contributed by atoms with E-state index >= 15 is 0 Å². The first-order valence-corrected chi connectivity index (χ1v) is 14.9. The highest BCUT2D eigenvalue weighted by Crippen LogP contribution is 2.44. The number of nitrogens with zero attached hydrogens (tertiary/aromatic N) is 1. The smallest absolute Gasteiger partial charge is 0.409 e. The van der Waals surface area contributed by atoms with Crippen LogP contribution in [-0.4, -0.2) is 124 Å². The summed E-state index contributed by atoms with van der Waals surface area (Å²) in [5.74, 6) is 0.0457. The number of hydrogen-bond acceptors (Lipinski definition) is 9. The number of ether oxygens (including phenoxy) is 8. The number of likely N-dealkylation sites (N-methyl/N-ethyl adjacent to an activating group) is 1. The number of hydrogen-bond donors (Lipinski definition) is 0. The minimum atomic E-state index is -0.359. The second-order valence-electron chi connectivity index (χ2n) is 9.76. The minimum Gasteiger partial charge on any atom is -0.448 e. The van der Waals surface area contributed by atoms with Crippen LogP contribution in [0.1, 0.15) is 17.0 Å². The van der Waals surface area contributed by atoms with Crippen molar-refractivity contribution in [2.24, 2.45) is 0 Å². The largest absolute Gasteiger partial charge is 0.448 e. The summed E-state index contributed by atoms with van der Waals surface area (Å²) in [6.45, 7) is 11.3. The van der Waals surface area contributed by atoms with Crippen LogP contribution in [0.4, 0.5) is 4.79 Å². The Hall–Kier alpha value is -2.83. The van der Waals surface area contributed by atoms with Gasteiger partial charge in [0.25, 0.3) is 0 Å². The van der Waals surface area contributed by atoms with Gasteiger partial charge in [0.2, 0.25) is 0 Å². The summed E-state index contributed by atoms with van der Waals surface area (Å²) in [5.41, 5.74) is 4.81. The van der Waals surface area contributed by atoms with Crippen LogP contribution in [0.3, 0.4) is 0 Å². The molecule has 238 valence electrons. The molecule has 0 unspecified atom stereocenters. The van der Waals surface area contributed by atoms with Crippen molar-refractivity contribution < 1.29 is 42.7 Å². The maximum Gasteiger partial charge on any atom is 0.409 e.